The van der Waals surface area contributed by atoms with Crippen LogP contribution in [0.5, 0.6) is 0 Å². The van der Waals surface area contributed by atoms with Crippen LogP contribution in [0.4, 0.5) is 0 Å². The molecule has 0 unspecified atom stereocenters. The molecule has 0 saturated heterocycles. The number of nitrogens with one attached hydrogen (secondary N) is 1. The van der Waals surface area contributed by atoms with Crippen LogP contribution in [0.1, 0.15) is 15.4 Å². The summed E-state index contributed by atoms with van der Waals surface area (Å²) in [6.45, 7) is 3.77. The summed E-state index contributed by atoms with van der Waals surface area (Å²) in [7, 11) is 0. The van der Waals surface area contributed by atoms with Crippen molar-refractivity contribution in [2.24, 2.45) is 0 Å². The molecule has 0 atom stereocenters. The number of aromatic nitrogens is 2. The van der Waals surface area contributed by atoms with Gasteiger partial charge in [-0.2, -0.15) is 0 Å². The molecular formula is C11H13N3S. The third kappa shape index (κ3) is 3.11. The van der Waals surface area contributed by atoms with Crippen LogP contribution in [0.2, 0.25) is 0 Å². The van der Waals surface area contributed by atoms with Crippen LogP contribution in [0.3, 0.4) is 0 Å². The quantitative estimate of drug-likeness (QED) is 0.856. The standard InChI is InChI=1S/C11H13N3S/c1-9-6-14-11(15-9)8-13-7-10-2-4-12-5-3-10/h2-6,13H,7-8H2,1H3. The van der Waals surface area contributed by atoms with Crippen molar-refractivity contribution in [1.82, 2.24) is 15.3 Å². The molecule has 0 spiro atoms. The van der Waals surface area contributed by atoms with Crippen LogP contribution in [0.25, 0.3) is 0 Å². The highest BCUT2D eigenvalue weighted by Crippen LogP contribution is 2.10. The Hall–Kier alpha value is -1.26. The molecule has 0 fully saturated rings. The van der Waals surface area contributed by atoms with E-state index in [1.807, 2.05) is 30.7 Å². The SMILES string of the molecule is Cc1cnc(CNCc2ccncc2)s1. The number of aryl methyl sites for hydroxylation is 1. The first-order valence-corrected chi connectivity index (χ1v) is 5.67. The Labute approximate surface area is 93.2 Å². The van der Waals surface area contributed by atoms with E-state index in [9.17, 15) is 0 Å². The lowest BCUT2D eigenvalue weighted by Gasteiger charge is -2.01. The van der Waals surface area contributed by atoms with Crippen molar-refractivity contribution < 1.29 is 0 Å². The van der Waals surface area contributed by atoms with E-state index in [1.54, 1.807) is 11.3 Å². The molecule has 78 valence electrons. The van der Waals surface area contributed by atoms with Crippen molar-refractivity contribution in [3.8, 4) is 0 Å². The van der Waals surface area contributed by atoms with Gasteiger partial charge in [0.25, 0.3) is 0 Å². The van der Waals surface area contributed by atoms with Crippen molar-refractivity contribution in [2.75, 3.05) is 0 Å². The van der Waals surface area contributed by atoms with E-state index in [1.165, 1.54) is 10.4 Å². The van der Waals surface area contributed by atoms with Crippen molar-refractivity contribution in [3.63, 3.8) is 0 Å². The molecule has 0 saturated carbocycles. The maximum absolute atomic E-state index is 4.29. The number of rotatable bonds is 4. The molecule has 0 aliphatic rings. The number of hydrogen-bond donors (Lipinski definition) is 1. The van der Waals surface area contributed by atoms with Gasteiger partial charge in [-0.05, 0) is 24.6 Å². The summed E-state index contributed by atoms with van der Waals surface area (Å²) in [5, 5.41) is 4.49. The number of hydrogen-bond acceptors (Lipinski definition) is 4. The van der Waals surface area contributed by atoms with Gasteiger partial charge in [-0.3, -0.25) is 4.98 Å². The lowest BCUT2D eigenvalue weighted by molar-refractivity contribution is 0.689. The summed E-state index contributed by atoms with van der Waals surface area (Å²) in [5.74, 6) is 0. The lowest BCUT2D eigenvalue weighted by atomic mass is 10.3. The molecule has 2 heterocycles. The van der Waals surface area contributed by atoms with Crippen LogP contribution in [-0.4, -0.2) is 9.97 Å². The van der Waals surface area contributed by atoms with Gasteiger partial charge >= 0.3 is 0 Å². The summed E-state index contributed by atoms with van der Waals surface area (Å²) in [6, 6.07) is 4.03. The third-order valence-corrected chi connectivity index (χ3v) is 2.94. The van der Waals surface area contributed by atoms with Crippen LogP contribution < -0.4 is 5.32 Å². The third-order valence-electron chi connectivity index (χ3n) is 2.02. The van der Waals surface area contributed by atoms with Gasteiger partial charge < -0.3 is 5.32 Å². The summed E-state index contributed by atoms with van der Waals surface area (Å²) in [6.07, 6.45) is 5.53. The van der Waals surface area contributed by atoms with Gasteiger partial charge in [-0.25, -0.2) is 4.98 Å². The summed E-state index contributed by atoms with van der Waals surface area (Å²) in [5.41, 5.74) is 1.25. The van der Waals surface area contributed by atoms with Gasteiger partial charge in [0.05, 0.1) is 0 Å². The van der Waals surface area contributed by atoms with E-state index in [2.05, 4.69) is 22.2 Å². The minimum Gasteiger partial charge on any atom is -0.306 e. The fourth-order valence-corrected chi connectivity index (χ4v) is 2.05. The topological polar surface area (TPSA) is 37.8 Å². The van der Waals surface area contributed by atoms with Gasteiger partial charge in [0.15, 0.2) is 0 Å². The first kappa shape index (κ1) is 10.3. The maximum Gasteiger partial charge on any atom is 0.107 e. The first-order chi connectivity index (χ1) is 7.34. The zero-order valence-corrected chi connectivity index (χ0v) is 9.42. The molecule has 0 radical (unpaired) electrons. The molecule has 2 aromatic rings. The minimum absolute atomic E-state index is 0.834. The Morgan fingerprint density at radius 1 is 1.27 bits per heavy atom. The largest absolute Gasteiger partial charge is 0.306 e. The van der Waals surface area contributed by atoms with Crippen molar-refractivity contribution in [2.45, 2.75) is 20.0 Å². The average Bonchev–Trinajstić information content (AvgIpc) is 2.66. The molecule has 0 aromatic carbocycles. The van der Waals surface area contributed by atoms with Crippen LogP contribution in [0, 0.1) is 6.92 Å². The highest BCUT2D eigenvalue weighted by molar-refractivity contribution is 7.11. The molecule has 0 bridgehead atoms. The average molecular weight is 219 g/mol. The molecule has 2 aromatic heterocycles. The monoisotopic (exact) mass is 219 g/mol. The smallest absolute Gasteiger partial charge is 0.107 e. The Kier molecular flexibility index (Phi) is 3.42. The Morgan fingerprint density at radius 3 is 2.73 bits per heavy atom. The van der Waals surface area contributed by atoms with E-state index in [4.69, 9.17) is 0 Å². The van der Waals surface area contributed by atoms with Gasteiger partial charge in [-0.15, -0.1) is 11.3 Å². The predicted molar refractivity (Wildman–Crippen MR) is 61.6 cm³/mol. The highest BCUT2D eigenvalue weighted by Gasteiger charge is 1.97. The van der Waals surface area contributed by atoms with E-state index < -0.39 is 0 Å². The van der Waals surface area contributed by atoms with E-state index in [-0.39, 0.29) is 0 Å². The van der Waals surface area contributed by atoms with Crippen LogP contribution in [-0.2, 0) is 13.1 Å². The summed E-state index contributed by atoms with van der Waals surface area (Å²) >= 11 is 1.74. The number of thiazole rings is 1. The first-order valence-electron chi connectivity index (χ1n) is 4.85. The van der Waals surface area contributed by atoms with Crippen molar-refractivity contribution in [3.05, 3.63) is 46.2 Å². The zero-order chi connectivity index (χ0) is 10.5. The molecule has 0 amide bonds. The van der Waals surface area contributed by atoms with E-state index in [0.29, 0.717) is 0 Å². The maximum atomic E-state index is 4.29. The fourth-order valence-electron chi connectivity index (χ4n) is 1.30. The molecular weight excluding hydrogens is 206 g/mol. The fraction of sp³-hybridized carbons (Fsp3) is 0.273. The lowest BCUT2D eigenvalue weighted by Crippen LogP contribution is -2.12. The Bertz CT molecular complexity index is 411. The molecule has 0 aliphatic carbocycles. The highest BCUT2D eigenvalue weighted by atomic mass is 32.1. The van der Waals surface area contributed by atoms with Crippen molar-refractivity contribution >= 4 is 11.3 Å². The van der Waals surface area contributed by atoms with Crippen LogP contribution >= 0.6 is 11.3 Å². The van der Waals surface area contributed by atoms with Crippen molar-refractivity contribution in [1.29, 1.82) is 0 Å². The second-order valence-corrected chi connectivity index (χ2v) is 4.64. The molecule has 2 rings (SSSR count). The summed E-state index contributed by atoms with van der Waals surface area (Å²) < 4.78 is 0. The predicted octanol–water partition coefficient (Wildman–Crippen LogP) is 2.14. The molecule has 3 nitrogen and oxygen atoms in total. The van der Waals surface area contributed by atoms with Crippen LogP contribution in [0.15, 0.2) is 30.7 Å². The Morgan fingerprint density at radius 2 is 2.07 bits per heavy atom. The van der Waals surface area contributed by atoms with E-state index in [0.717, 1.165) is 18.1 Å². The number of pyridine rings is 1. The molecule has 4 heteroatoms. The molecule has 15 heavy (non-hydrogen) atoms. The second kappa shape index (κ2) is 5.00. The number of nitrogens with zero attached hydrogens (tertiary/aromatic N) is 2. The van der Waals surface area contributed by atoms with Gasteiger partial charge in [-0.1, -0.05) is 0 Å². The molecule has 0 aliphatic heterocycles. The van der Waals surface area contributed by atoms with E-state index >= 15 is 0 Å². The van der Waals surface area contributed by atoms with Gasteiger partial charge in [0.1, 0.15) is 5.01 Å². The normalized spacial score (nSPS) is 10.5. The molecule has 1 N–H and O–H groups in total. The summed E-state index contributed by atoms with van der Waals surface area (Å²) in [4.78, 5) is 9.53. The van der Waals surface area contributed by atoms with Gasteiger partial charge in [0, 0.05) is 36.6 Å². The zero-order valence-electron chi connectivity index (χ0n) is 8.60. The van der Waals surface area contributed by atoms with Gasteiger partial charge in [0.2, 0.25) is 0 Å². The minimum atomic E-state index is 0.834. The second-order valence-electron chi connectivity index (χ2n) is 3.32. The Balaban J connectivity index is 1.80.